The predicted octanol–water partition coefficient (Wildman–Crippen LogP) is 3.07. The minimum absolute atomic E-state index is 0.508. The molecule has 0 aromatic carbocycles. The molecule has 1 fully saturated rings. The number of hydrogen-bond acceptors (Lipinski definition) is 4. The number of hydrogen-bond donors (Lipinski definition) is 1. The second-order valence-corrected chi connectivity index (χ2v) is 6.15. The van der Waals surface area contributed by atoms with Crippen molar-refractivity contribution in [1.82, 2.24) is 9.97 Å². The van der Waals surface area contributed by atoms with Gasteiger partial charge in [0, 0.05) is 38.1 Å². The molecular weight excluding hydrogens is 319 g/mol. The van der Waals surface area contributed by atoms with E-state index < -0.39 is 17.3 Å². The maximum absolute atomic E-state index is 12.6. The average molecular weight is 337 g/mol. The number of aromatic nitrogens is 2. The number of alkyl halides is 3. The molecule has 2 aromatic rings. The van der Waals surface area contributed by atoms with Crippen LogP contribution < -0.4 is 4.90 Å². The Bertz CT molecular complexity index is 666. The van der Waals surface area contributed by atoms with Crippen molar-refractivity contribution < 1.29 is 18.3 Å². The number of halogens is 3. The van der Waals surface area contributed by atoms with Crippen LogP contribution in [0.3, 0.4) is 0 Å². The van der Waals surface area contributed by atoms with E-state index in [9.17, 15) is 18.3 Å². The molecule has 0 amide bonds. The van der Waals surface area contributed by atoms with Crippen LogP contribution in [-0.2, 0) is 12.6 Å². The van der Waals surface area contributed by atoms with Crippen molar-refractivity contribution >= 4 is 5.82 Å². The van der Waals surface area contributed by atoms with E-state index in [1.54, 1.807) is 12.4 Å². The van der Waals surface area contributed by atoms with Crippen LogP contribution in [0, 0.1) is 0 Å². The van der Waals surface area contributed by atoms with E-state index in [0.717, 1.165) is 17.8 Å². The van der Waals surface area contributed by atoms with Gasteiger partial charge in [0.1, 0.15) is 5.82 Å². The third kappa shape index (κ3) is 3.84. The number of pyridine rings is 2. The Hall–Kier alpha value is -2.15. The Labute approximate surface area is 138 Å². The van der Waals surface area contributed by atoms with Crippen LogP contribution in [-0.4, -0.2) is 33.8 Å². The quantitative estimate of drug-likeness (QED) is 0.935. The summed E-state index contributed by atoms with van der Waals surface area (Å²) in [4.78, 5) is 9.78. The van der Waals surface area contributed by atoms with Gasteiger partial charge in [0.25, 0.3) is 0 Å². The first-order valence-electron chi connectivity index (χ1n) is 7.75. The average Bonchev–Trinajstić information content (AvgIpc) is 2.55. The van der Waals surface area contributed by atoms with Crippen LogP contribution in [0.15, 0.2) is 42.9 Å². The van der Waals surface area contributed by atoms with Crippen molar-refractivity contribution in [3.63, 3.8) is 0 Å². The van der Waals surface area contributed by atoms with E-state index in [-0.39, 0.29) is 0 Å². The molecule has 0 bridgehead atoms. The Morgan fingerprint density at radius 3 is 2.29 bits per heavy atom. The van der Waals surface area contributed by atoms with E-state index >= 15 is 0 Å². The summed E-state index contributed by atoms with van der Waals surface area (Å²) in [5.74, 6) is 0.508. The first-order valence-corrected chi connectivity index (χ1v) is 7.75. The monoisotopic (exact) mass is 337 g/mol. The fraction of sp³-hybridized carbons (Fsp3) is 0.412. The van der Waals surface area contributed by atoms with E-state index in [2.05, 4.69) is 9.97 Å². The molecule has 0 unspecified atom stereocenters. The summed E-state index contributed by atoms with van der Waals surface area (Å²) in [5, 5.41) is 10.7. The summed E-state index contributed by atoms with van der Waals surface area (Å²) in [6.45, 7) is 1.11. The molecule has 1 N–H and O–H groups in total. The van der Waals surface area contributed by atoms with Crippen molar-refractivity contribution in [2.24, 2.45) is 0 Å². The van der Waals surface area contributed by atoms with Gasteiger partial charge < -0.3 is 10.0 Å². The molecule has 0 radical (unpaired) electrons. The molecule has 1 aliphatic rings. The number of piperidine rings is 1. The molecule has 1 aliphatic heterocycles. The van der Waals surface area contributed by atoms with Gasteiger partial charge >= 0.3 is 6.18 Å². The van der Waals surface area contributed by atoms with Gasteiger partial charge in [-0.3, -0.25) is 4.98 Å². The van der Waals surface area contributed by atoms with Crippen LogP contribution in [0.5, 0.6) is 0 Å². The Morgan fingerprint density at radius 1 is 1.08 bits per heavy atom. The molecule has 7 heteroatoms. The Kier molecular flexibility index (Phi) is 4.45. The highest BCUT2D eigenvalue weighted by molar-refractivity contribution is 5.40. The zero-order valence-corrected chi connectivity index (χ0v) is 13.0. The zero-order chi connectivity index (χ0) is 17.2. The lowest BCUT2D eigenvalue weighted by atomic mass is 9.85. The fourth-order valence-corrected chi connectivity index (χ4v) is 2.95. The van der Waals surface area contributed by atoms with E-state index in [1.807, 2.05) is 17.0 Å². The van der Waals surface area contributed by atoms with Gasteiger partial charge in [0.05, 0.1) is 11.2 Å². The molecule has 0 saturated carbocycles. The maximum atomic E-state index is 12.6. The third-order valence-electron chi connectivity index (χ3n) is 4.38. The van der Waals surface area contributed by atoms with Crippen LogP contribution in [0.4, 0.5) is 19.0 Å². The molecule has 0 atom stereocenters. The standard InChI is InChI=1S/C17H18F3N3O/c18-17(19,20)14-1-2-15(22-12-14)23-9-5-16(24,6-10-23)11-13-3-7-21-8-4-13/h1-4,7-8,12,24H,5-6,9-11H2. The minimum Gasteiger partial charge on any atom is -0.389 e. The lowest BCUT2D eigenvalue weighted by Gasteiger charge is -2.39. The molecule has 3 rings (SSSR count). The normalized spacial score (nSPS) is 17.8. The summed E-state index contributed by atoms with van der Waals surface area (Å²) in [7, 11) is 0. The van der Waals surface area contributed by atoms with Gasteiger partial charge in [-0.05, 0) is 42.7 Å². The van der Waals surface area contributed by atoms with Gasteiger partial charge in [0.15, 0.2) is 0 Å². The first-order chi connectivity index (χ1) is 11.4. The molecule has 128 valence electrons. The zero-order valence-electron chi connectivity index (χ0n) is 13.0. The van der Waals surface area contributed by atoms with Gasteiger partial charge in [0.2, 0.25) is 0 Å². The molecule has 1 saturated heterocycles. The Balaban J connectivity index is 1.62. The van der Waals surface area contributed by atoms with Crippen molar-refractivity contribution in [2.45, 2.75) is 31.0 Å². The summed E-state index contributed by atoms with van der Waals surface area (Å²) < 4.78 is 37.7. The highest BCUT2D eigenvalue weighted by Crippen LogP contribution is 2.31. The van der Waals surface area contributed by atoms with Gasteiger partial charge in [-0.2, -0.15) is 13.2 Å². The molecule has 2 aromatic heterocycles. The van der Waals surface area contributed by atoms with Crippen LogP contribution in [0.25, 0.3) is 0 Å². The summed E-state index contributed by atoms with van der Waals surface area (Å²) in [6, 6.07) is 6.18. The minimum atomic E-state index is -4.38. The number of rotatable bonds is 3. The van der Waals surface area contributed by atoms with Crippen molar-refractivity contribution in [3.05, 3.63) is 54.0 Å². The van der Waals surface area contributed by atoms with Gasteiger partial charge in [-0.1, -0.05) is 0 Å². The first kappa shape index (κ1) is 16.7. The molecule has 3 heterocycles. The number of anilines is 1. The molecule has 24 heavy (non-hydrogen) atoms. The molecular formula is C17H18F3N3O. The fourth-order valence-electron chi connectivity index (χ4n) is 2.95. The van der Waals surface area contributed by atoms with Crippen LogP contribution >= 0.6 is 0 Å². The summed E-state index contributed by atoms with van der Waals surface area (Å²) >= 11 is 0. The third-order valence-corrected chi connectivity index (χ3v) is 4.38. The molecule has 4 nitrogen and oxygen atoms in total. The van der Waals surface area contributed by atoms with E-state index in [0.29, 0.717) is 38.2 Å². The second-order valence-electron chi connectivity index (χ2n) is 6.15. The largest absolute Gasteiger partial charge is 0.417 e. The lowest BCUT2D eigenvalue weighted by molar-refractivity contribution is -0.137. The maximum Gasteiger partial charge on any atom is 0.417 e. The number of nitrogens with zero attached hydrogens (tertiary/aromatic N) is 3. The molecule has 0 aliphatic carbocycles. The Morgan fingerprint density at radius 2 is 1.75 bits per heavy atom. The van der Waals surface area contributed by atoms with Crippen LogP contribution in [0.1, 0.15) is 24.0 Å². The highest BCUT2D eigenvalue weighted by atomic mass is 19.4. The van der Waals surface area contributed by atoms with Crippen molar-refractivity contribution in [2.75, 3.05) is 18.0 Å². The van der Waals surface area contributed by atoms with E-state index in [4.69, 9.17) is 0 Å². The SMILES string of the molecule is OC1(Cc2ccncc2)CCN(c2ccc(C(F)(F)F)cn2)CC1. The summed E-state index contributed by atoms with van der Waals surface area (Å²) in [6.07, 6.45) is 1.49. The van der Waals surface area contributed by atoms with Crippen molar-refractivity contribution in [3.8, 4) is 0 Å². The number of aliphatic hydroxyl groups is 1. The molecule has 0 spiro atoms. The topological polar surface area (TPSA) is 49.3 Å². The second kappa shape index (κ2) is 6.39. The highest BCUT2D eigenvalue weighted by Gasteiger charge is 2.34. The van der Waals surface area contributed by atoms with Crippen LogP contribution in [0.2, 0.25) is 0 Å². The predicted molar refractivity (Wildman–Crippen MR) is 83.6 cm³/mol. The van der Waals surface area contributed by atoms with Crippen molar-refractivity contribution in [1.29, 1.82) is 0 Å². The summed E-state index contributed by atoms with van der Waals surface area (Å²) in [5.41, 5.74) is -0.532. The van der Waals surface area contributed by atoms with Gasteiger partial charge in [-0.15, -0.1) is 0 Å². The van der Waals surface area contributed by atoms with Gasteiger partial charge in [-0.25, -0.2) is 4.98 Å². The smallest absolute Gasteiger partial charge is 0.389 e. The van der Waals surface area contributed by atoms with E-state index in [1.165, 1.54) is 6.07 Å². The lowest BCUT2D eigenvalue weighted by Crippen LogP contribution is -2.46.